The summed E-state index contributed by atoms with van der Waals surface area (Å²) in [5, 5.41) is 11.5. The molecule has 1 N–H and O–H groups in total. The van der Waals surface area contributed by atoms with Gasteiger partial charge in [0.25, 0.3) is 5.91 Å². The summed E-state index contributed by atoms with van der Waals surface area (Å²) in [4.78, 5) is 18.4. The van der Waals surface area contributed by atoms with Gasteiger partial charge in [-0.15, -0.1) is 0 Å². The van der Waals surface area contributed by atoms with E-state index in [-0.39, 0.29) is 34.9 Å². The number of carbonyl (C=O) groups is 1. The molecule has 1 aromatic heterocycles. The molecule has 0 atom stereocenters. The Morgan fingerprint density at radius 1 is 0.946 bits per heavy atom. The van der Waals surface area contributed by atoms with Gasteiger partial charge in [-0.25, -0.2) is 8.42 Å². The summed E-state index contributed by atoms with van der Waals surface area (Å²) >= 11 is 0. The minimum absolute atomic E-state index is 0.116. The van der Waals surface area contributed by atoms with Crippen LogP contribution in [0, 0.1) is 0 Å². The highest BCUT2D eigenvalue weighted by atomic mass is 32.2. The second-order valence-electron chi connectivity index (χ2n) is 9.02. The number of aliphatic hydroxyl groups is 1. The number of benzene rings is 3. The molecule has 0 spiro atoms. The van der Waals surface area contributed by atoms with Crippen LogP contribution in [0.3, 0.4) is 0 Å². The Hall–Kier alpha value is -3.76. The van der Waals surface area contributed by atoms with Crippen LogP contribution < -0.4 is 0 Å². The highest BCUT2D eigenvalue weighted by Crippen LogP contribution is 2.41. The molecule has 37 heavy (non-hydrogen) atoms. The van der Waals surface area contributed by atoms with E-state index < -0.39 is 33.1 Å². The molecule has 190 valence electrons. The van der Waals surface area contributed by atoms with Crippen molar-refractivity contribution in [2.75, 3.05) is 13.1 Å². The van der Waals surface area contributed by atoms with E-state index in [9.17, 15) is 31.5 Å². The number of halogens is 3. The van der Waals surface area contributed by atoms with Crippen molar-refractivity contribution in [3.8, 4) is 0 Å². The van der Waals surface area contributed by atoms with Gasteiger partial charge < -0.3 is 10.0 Å². The fourth-order valence-corrected chi connectivity index (χ4v) is 6.12. The maximum atomic E-state index is 13.4. The molecule has 5 rings (SSSR count). The molecule has 0 radical (unpaired) electrons. The molecular formula is C27H21F3N2O4S. The fourth-order valence-electron chi connectivity index (χ4n) is 4.59. The van der Waals surface area contributed by atoms with Crippen molar-refractivity contribution in [1.82, 2.24) is 9.88 Å². The first kappa shape index (κ1) is 24.9. The van der Waals surface area contributed by atoms with Crippen molar-refractivity contribution in [3.05, 3.63) is 107 Å². The lowest BCUT2D eigenvalue weighted by molar-refractivity contribution is -0.145. The van der Waals surface area contributed by atoms with Gasteiger partial charge in [-0.1, -0.05) is 48.5 Å². The lowest BCUT2D eigenvalue weighted by Gasteiger charge is -2.47. The van der Waals surface area contributed by atoms with Gasteiger partial charge in [-0.05, 0) is 41.5 Å². The number of alkyl halides is 3. The summed E-state index contributed by atoms with van der Waals surface area (Å²) in [6.07, 6.45) is -3.10. The maximum Gasteiger partial charge on any atom is 0.416 e. The predicted octanol–water partition coefficient (Wildman–Crippen LogP) is 4.57. The zero-order valence-corrected chi connectivity index (χ0v) is 20.1. The van der Waals surface area contributed by atoms with Crippen molar-refractivity contribution in [1.29, 1.82) is 0 Å². The Morgan fingerprint density at radius 3 is 2.32 bits per heavy atom. The molecule has 0 saturated carbocycles. The minimum atomic E-state index is -4.63. The lowest BCUT2D eigenvalue weighted by atomic mass is 9.82. The highest BCUT2D eigenvalue weighted by Gasteiger charge is 2.49. The number of hydrogen-bond donors (Lipinski definition) is 1. The summed E-state index contributed by atoms with van der Waals surface area (Å²) in [6.45, 7) is -0.577. The second-order valence-corrected chi connectivity index (χ2v) is 11.0. The highest BCUT2D eigenvalue weighted by molar-refractivity contribution is 7.90. The average Bonchev–Trinajstić information content (AvgIpc) is 2.86. The van der Waals surface area contributed by atoms with E-state index in [0.29, 0.717) is 16.5 Å². The second kappa shape index (κ2) is 8.97. The Bertz CT molecular complexity index is 1590. The number of pyridine rings is 1. The van der Waals surface area contributed by atoms with Crippen molar-refractivity contribution in [2.24, 2.45) is 0 Å². The van der Waals surface area contributed by atoms with E-state index in [1.807, 2.05) is 0 Å². The van der Waals surface area contributed by atoms with Crippen LogP contribution in [0.15, 0.2) is 90.0 Å². The third-order valence-corrected chi connectivity index (χ3v) is 8.13. The van der Waals surface area contributed by atoms with Gasteiger partial charge in [0.1, 0.15) is 5.60 Å². The number of aromatic nitrogens is 1. The molecule has 4 aromatic rings. The Balaban J connectivity index is 1.30. The van der Waals surface area contributed by atoms with Crippen molar-refractivity contribution >= 4 is 26.6 Å². The Morgan fingerprint density at radius 2 is 1.62 bits per heavy atom. The van der Waals surface area contributed by atoms with Crippen molar-refractivity contribution in [3.63, 3.8) is 0 Å². The van der Waals surface area contributed by atoms with E-state index >= 15 is 0 Å². The van der Waals surface area contributed by atoms with E-state index in [0.717, 1.165) is 6.07 Å². The van der Waals surface area contributed by atoms with Crippen LogP contribution in [0.25, 0.3) is 10.9 Å². The van der Waals surface area contributed by atoms with Crippen molar-refractivity contribution in [2.45, 2.75) is 22.4 Å². The number of amides is 1. The average molecular weight is 527 g/mol. The molecule has 10 heteroatoms. The lowest BCUT2D eigenvalue weighted by Crippen LogP contribution is -2.61. The quantitative estimate of drug-likeness (QED) is 0.412. The molecule has 3 aromatic carbocycles. The number of para-hydroxylation sites is 1. The summed E-state index contributed by atoms with van der Waals surface area (Å²) < 4.78 is 66.2. The van der Waals surface area contributed by atoms with Crippen LogP contribution in [0.1, 0.15) is 27.0 Å². The molecule has 0 unspecified atom stereocenters. The number of β-amino-alcohol motifs (C(OH)–C–C–N with tert-alkyl or cyclic N) is 1. The zero-order valence-electron chi connectivity index (χ0n) is 19.3. The van der Waals surface area contributed by atoms with Gasteiger partial charge in [0.15, 0.2) is 9.84 Å². The van der Waals surface area contributed by atoms with Crippen LogP contribution >= 0.6 is 0 Å². The largest absolute Gasteiger partial charge is 0.416 e. The van der Waals surface area contributed by atoms with Gasteiger partial charge in [-0.3, -0.25) is 9.78 Å². The van der Waals surface area contributed by atoms with E-state index in [2.05, 4.69) is 4.98 Å². The number of rotatable bonds is 5. The van der Waals surface area contributed by atoms with E-state index in [4.69, 9.17) is 0 Å². The summed E-state index contributed by atoms with van der Waals surface area (Å²) in [7, 11) is -3.73. The normalized spacial score (nSPS) is 15.4. The fraction of sp³-hybridized carbons (Fsp3) is 0.185. The van der Waals surface area contributed by atoms with Crippen LogP contribution in [-0.4, -0.2) is 42.4 Å². The molecular weight excluding hydrogens is 505 g/mol. The van der Waals surface area contributed by atoms with Crippen LogP contribution in [0.4, 0.5) is 13.2 Å². The van der Waals surface area contributed by atoms with Crippen molar-refractivity contribution < 1.29 is 31.5 Å². The third kappa shape index (κ3) is 4.70. The first-order chi connectivity index (χ1) is 17.5. The van der Waals surface area contributed by atoms with Crippen LogP contribution in [-0.2, 0) is 27.4 Å². The van der Waals surface area contributed by atoms with Crippen LogP contribution in [0.2, 0.25) is 0 Å². The molecule has 1 saturated heterocycles. The molecule has 0 aliphatic carbocycles. The number of hydrogen-bond acceptors (Lipinski definition) is 5. The predicted molar refractivity (Wildman–Crippen MR) is 130 cm³/mol. The standard InChI is InChI=1S/C27H21F3N2O4S/c28-27(29,30)22-8-2-1-7-21(22)26(34)16-32(17-26)25(33)20-12-10-18(11-13-20)15-37(35,36)23-9-3-5-19-6-4-14-31-24(19)23/h1-14,34H,15-17H2. The summed E-state index contributed by atoms with van der Waals surface area (Å²) in [6, 6.07) is 19.2. The molecule has 0 bridgehead atoms. The summed E-state index contributed by atoms with van der Waals surface area (Å²) in [5.74, 6) is -0.767. The SMILES string of the molecule is O=C(c1ccc(CS(=O)(=O)c2cccc3cccnc23)cc1)N1CC(O)(c2ccccc2C(F)(F)F)C1. The van der Waals surface area contributed by atoms with Gasteiger partial charge in [0, 0.05) is 17.1 Å². The first-order valence-electron chi connectivity index (χ1n) is 11.3. The van der Waals surface area contributed by atoms with Gasteiger partial charge in [-0.2, -0.15) is 13.2 Å². The minimum Gasteiger partial charge on any atom is -0.381 e. The number of sulfone groups is 1. The number of fused-ring (bicyclic) bond motifs is 1. The molecule has 2 heterocycles. The third-order valence-electron chi connectivity index (χ3n) is 6.41. The first-order valence-corrected chi connectivity index (χ1v) is 13.0. The Kier molecular flexibility index (Phi) is 6.04. The Labute approximate surface area is 210 Å². The molecule has 6 nitrogen and oxygen atoms in total. The van der Waals surface area contributed by atoms with Gasteiger partial charge in [0.2, 0.25) is 0 Å². The summed E-state index contributed by atoms with van der Waals surface area (Å²) in [5.41, 5.74) is -1.92. The molecule has 1 amide bonds. The molecule has 1 aliphatic rings. The molecule has 1 aliphatic heterocycles. The van der Waals surface area contributed by atoms with Crippen LogP contribution in [0.5, 0.6) is 0 Å². The zero-order chi connectivity index (χ0) is 26.4. The van der Waals surface area contributed by atoms with E-state index in [1.54, 1.807) is 24.3 Å². The van der Waals surface area contributed by atoms with Gasteiger partial charge in [0.05, 0.1) is 34.8 Å². The number of carbonyl (C=O) groups excluding carboxylic acids is 1. The van der Waals surface area contributed by atoms with Gasteiger partial charge >= 0.3 is 6.18 Å². The number of likely N-dealkylation sites (tertiary alicyclic amines) is 1. The smallest absolute Gasteiger partial charge is 0.381 e. The number of nitrogens with zero attached hydrogens (tertiary/aromatic N) is 2. The monoisotopic (exact) mass is 526 g/mol. The maximum absolute atomic E-state index is 13.4. The topological polar surface area (TPSA) is 87.6 Å². The van der Waals surface area contributed by atoms with E-state index in [1.165, 1.54) is 59.6 Å². The molecule has 1 fully saturated rings.